The van der Waals surface area contributed by atoms with Crippen molar-refractivity contribution in [2.45, 2.75) is 25.9 Å². The predicted molar refractivity (Wildman–Crippen MR) is 59.1 cm³/mol. The number of aliphatic carboxylic acids is 1. The highest BCUT2D eigenvalue weighted by atomic mass is 16.4. The van der Waals surface area contributed by atoms with Gasteiger partial charge in [0.1, 0.15) is 0 Å². The molecule has 0 radical (unpaired) electrons. The normalized spacial score (nSPS) is 21.8. The Kier molecular flexibility index (Phi) is 3.12. The zero-order valence-corrected chi connectivity index (χ0v) is 9.61. The Morgan fingerprint density at radius 1 is 1.71 bits per heavy atom. The summed E-state index contributed by atoms with van der Waals surface area (Å²) in [6.45, 7) is 2.80. The SMILES string of the molecule is CC(Cn1cccn1)N1CC(C(=O)O)CC1=O. The lowest BCUT2D eigenvalue weighted by Crippen LogP contribution is -2.37. The van der Waals surface area contributed by atoms with Crippen LogP contribution >= 0.6 is 0 Å². The van der Waals surface area contributed by atoms with Crippen LogP contribution in [0.3, 0.4) is 0 Å². The fourth-order valence-corrected chi connectivity index (χ4v) is 2.10. The first kappa shape index (κ1) is 11.6. The number of amides is 1. The van der Waals surface area contributed by atoms with Crippen molar-refractivity contribution in [2.75, 3.05) is 6.54 Å². The maximum Gasteiger partial charge on any atom is 0.308 e. The summed E-state index contributed by atoms with van der Waals surface area (Å²) in [5, 5.41) is 13.0. The minimum atomic E-state index is -0.896. The number of likely N-dealkylation sites (tertiary alicyclic amines) is 1. The molecule has 6 nitrogen and oxygen atoms in total. The molecule has 0 spiro atoms. The highest BCUT2D eigenvalue weighted by Crippen LogP contribution is 2.20. The molecule has 2 unspecified atom stereocenters. The maximum atomic E-state index is 11.7. The van der Waals surface area contributed by atoms with Gasteiger partial charge in [0.25, 0.3) is 0 Å². The van der Waals surface area contributed by atoms with E-state index in [0.29, 0.717) is 13.1 Å². The molecule has 0 aromatic carbocycles. The lowest BCUT2D eigenvalue weighted by atomic mass is 10.1. The molecule has 1 aliphatic rings. The Bertz CT molecular complexity index is 416. The molecule has 1 amide bonds. The number of carbonyl (C=O) groups excluding carboxylic acids is 1. The van der Waals surface area contributed by atoms with Gasteiger partial charge in [0.2, 0.25) is 5.91 Å². The van der Waals surface area contributed by atoms with E-state index in [0.717, 1.165) is 0 Å². The summed E-state index contributed by atoms with van der Waals surface area (Å²) in [5.41, 5.74) is 0. The number of carboxylic acids is 1. The van der Waals surface area contributed by atoms with E-state index in [1.54, 1.807) is 15.8 Å². The molecule has 17 heavy (non-hydrogen) atoms. The molecule has 2 rings (SSSR count). The van der Waals surface area contributed by atoms with Crippen molar-refractivity contribution in [3.05, 3.63) is 18.5 Å². The van der Waals surface area contributed by atoms with E-state index in [2.05, 4.69) is 5.10 Å². The van der Waals surface area contributed by atoms with Crippen LogP contribution in [0.2, 0.25) is 0 Å². The monoisotopic (exact) mass is 237 g/mol. The minimum Gasteiger partial charge on any atom is -0.481 e. The molecule has 0 bridgehead atoms. The van der Waals surface area contributed by atoms with Crippen molar-refractivity contribution >= 4 is 11.9 Å². The quantitative estimate of drug-likeness (QED) is 0.812. The second-order valence-electron chi connectivity index (χ2n) is 4.36. The van der Waals surface area contributed by atoms with Crippen LogP contribution in [0, 0.1) is 5.92 Å². The molecule has 1 fully saturated rings. The van der Waals surface area contributed by atoms with Crippen LogP contribution in [-0.4, -0.2) is 44.3 Å². The van der Waals surface area contributed by atoms with Crippen molar-refractivity contribution in [3.63, 3.8) is 0 Å². The number of carbonyl (C=O) groups is 2. The van der Waals surface area contributed by atoms with Crippen molar-refractivity contribution in [3.8, 4) is 0 Å². The molecule has 2 atom stereocenters. The molecule has 1 saturated heterocycles. The average molecular weight is 237 g/mol. The highest BCUT2D eigenvalue weighted by molar-refractivity contribution is 5.86. The number of carboxylic acid groups (broad SMARTS) is 1. The number of hydrogen-bond donors (Lipinski definition) is 1. The third kappa shape index (κ3) is 2.46. The number of hydrogen-bond acceptors (Lipinski definition) is 3. The van der Waals surface area contributed by atoms with E-state index >= 15 is 0 Å². The predicted octanol–water partition coefficient (Wildman–Crippen LogP) is 0.205. The van der Waals surface area contributed by atoms with Gasteiger partial charge in [-0.1, -0.05) is 0 Å². The second kappa shape index (κ2) is 4.57. The summed E-state index contributed by atoms with van der Waals surface area (Å²) < 4.78 is 1.74. The van der Waals surface area contributed by atoms with Gasteiger partial charge in [0.05, 0.1) is 12.5 Å². The zero-order chi connectivity index (χ0) is 12.4. The van der Waals surface area contributed by atoms with Crippen molar-refractivity contribution in [1.29, 1.82) is 0 Å². The van der Waals surface area contributed by atoms with Gasteiger partial charge in [-0.15, -0.1) is 0 Å². The molecular formula is C11H15N3O3. The van der Waals surface area contributed by atoms with Gasteiger partial charge < -0.3 is 10.0 Å². The van der Waals surface area contributed by atoms with Gasteiger partial charge in [-0.3, -0.25) is 14.3 Å². The summed E-state index contributed by atoms with van der Waals surface area (Å²) in [6, 6.07) is 1.78. The first-order chi connectivity index (χ1) is 8.08. The third-order valence-electron chi connectivity index (χ3n) is 3.05. The summed E-state index contributed by atoms with van der Waals surface area (Å²) >= 11 is 0. The Labute approximate surface area is 98.8 Å². The Morgan fingerprint density at radius 2 is 2.47 bits per heavy atom. The Balaban J connectivity index is 1.98. The summed E-state index contributed by atoms with van der Waals surface area (Å²) in [5.74, 6) is -1.55. The molecule has 0 saturated carbocycles. The first-order valence-corrected chi connectivity index (χ1v) is 5.57. The van der Waals surface area contributed by atoms with Crippen LogP contribution in [0.1, 0.15) is 13.3 Å². The van der Waals surface area contributed by atoms with Gasteiger partial charge in [0.15, 0.2) is 0 Å². The van der Waals surface area contributed by atoms with Gasteiger partial charge >= 0.3 is 5.97 Å². The Morgan fingerprint density at radius 3 is 3.00 bits per heavy atom. The van der Waals surface area contributed by atoms with E-state index in [9.17, 15) is 9.59 Å². The first-order valence-electron chi connectivity index (χ1n) is 5.57. The highest BCUT2D eigenvalue weighted by Gasteiger charge is 2.36. The summed E-state index contributed by atoms with van der Waals surface area (Å²) in [6.07, 6.45) is 3.61. The van der Waals surface area contributed by atoms with Gasteiger partial charge in [0, 0.05) is 31.4 Å². The maximum absolute atomic E-state index is 11.7. The lowest BCUT2D eigenvalue weighted by molar-refractivity contribution is -0.141. The van der Waals surface area contributed by atoms with Crippen LogP contribution in [0.15, 0.2) is 18.5 Å². The molecule has 92 valence electrons. The molecule has 6 heteroatoms. The second-order valence-corrected chi connectivity index (χ2v) is 4.36. The number of nitrogens with zero attached hydrogens (tertiary/aromatic N) is 3. The molecule has 1 aromatic rings. The summed E-state index contributed by atoms with van der Waals surface area (Å²) in [4.78, 5) is 24.2. The molecule has 1 N–H and O–H groups in total. The number of rotatable bonds is 4. The fraction of sp³-hybridized carbons (Fsp3) is 0.545. The average Bonchev–Trinajstić information content (AvgIpc) is 2.86. The zero-order valence-electron chi connectivity index (χ0n) is 9.61. The minimum absolute atomic E-state index is 0.0354. The molecular weight excluding hydrogens is 222 g/mol. The van der Waals surface area contributed by atoms with Crippen molar-refractivity contribution < 1.29 is 14.7 Å². The standard InChI is InChI=1S/C11H15N3O3/c1-8(6-13-4-2-3-12-13)14-7-9(11(16)17)5-10(14)15/h2-4,8-9H,5-7H2,1H3,(H,16,17). The molecule has 1 aromatic heterocycles. The van der Waals surface area contributed by atoms with E-state index in [1.165, 1.54) is 0 Å². The van der Waals surface area contributed by atoms with Gasteiger partial charge in [-0.2, -0.15) is 5.10 Å². The molecule has 2 heterocycles. The smallest absolute Gasteiger partial charge is 0.308 e. The molecule has 1 aliphatic heterocycles. The van der Waals surface area contributed by atoms with Gasteiger partial charge in [-0.25, -0.2) is 0 Å². The van der Waals surface area contributed by atoms with Crippen molar-refractivity contribution in [1.82, 2.24) is 14.7 Å². The molecule has 0 aliphatic carbocycles. The van der Waals surface area contributed by atoms with E-state index in [1.807, 2.05) is 19.2 Å². The van der Waals surface area contributed by atoms with Crippen LogP contribution in [0.5, 0.6) is 0 Å². The number of aromatic nitrogens is 2. The third-order valence-corrected chi connectivity index (χ3v) is 3.05. The van der Waals surface area contributed by atoms with Gasteiger partial charge in [-0.05, 0) is 13.0 Å². The van der Waals surface area contributed by atoms with Crippen LogP contribution in [0.4, 0.5) is 0 Å². The lowest BCUT2D eigenvalue weighted by Gasteiger charge is -2.24. The van der Waals surface area contributed by atoms with Crippen LogP contribution in [0.25, 0.3) is 0 Å². The van der Waals surface area contributed by atoms with Crippen LogP contribution < -0.4 is 0 Å². The van der Waals surface area contributed by atoms with E-state index < -0.39 is 11.9 Å². The largest absolute Gasteiger partial charge is 0.481 e. The summed E-state index contributed by atoms with van der Waals surface area (Å²) in [7, 11) is 0. The van der Waals surface area contributed by atoms with E-state index in [-0.39, 0.29) is 18.4 Å². The van der Waals surface area contributed by atoms with Crippen molar-refractivity contribution in [2.24, 2.45) is 5.92 Å². The Hall–Kier alpha value is -1.85. The fourth-order valence-electron chi connectivity index (χ4n) is 2.10. The van der Waals surface area contributed by atoms with E-state index in [4.69, 9.17) is 5.11 Å². The van der Waals surface area contributed by atoms with Crippen LogP contribution in [-0.2, 0) is 16.1 Å². The topological polar surface area (TPSA) is 75.4 Å².